The molecular weight excluding hydrogens is 926 g/mol. The Balaban J connectivity index is 0.724. The lowest BCUT2D eigenvalue weighted by Crippen LogP contribution is -2.45. The van der Waals surface area contributed by atoms with Crippen LogP contribution in [-0.2, 0) is 23.7 Å². The fourth-order valence-corrected chi connectivity index (χ4v) is 10.0. The summed E-state index contributed by atoms with van der Waals surface area (Å²) in [4.78, 5) is 65.7. The Hall–Kier alpha value is -6.25. The molecule has 8 heterocycles. The number of rotatable bonds is 15. The fraction of sp³-hybridized carbons (Fsp3) is 0.440. The Morgan fingerprint density at radius 2 is 1.11 bits per heavy atom. The number of aromatic nitrogens is 6. The zero-order valence-corrected chi connectivity index (χ0v) is 41.3. The van der Waals surface area contributed by atoms with Crippen molar-refractivity contribution in [2.45, 2.75) is 25.9 Å². The minimum absolute atomic E-state index is 0.124. The molecule has 372 valence electrons. The minimum Gasteiger partial charge on any atom is -0.378 e. The molecule has 4 aliphatic rings. The predicted molar refractivity (Wildman–Crippen MR) is 273 cm³/mol. The van der Waals surface area contributed by atoms with E-state index in [1.807, 2.05) is 67.3 Å². The third kappa shape index (κ3) is 11.3. The second kappa shape index (κ2) is 22.4. The topological polar surface area (TPSA) is 207 Å². The lowest BCUT2D eigenvalue weighted by Gasteiger charge is -2.34. The van der Waals surface area contributed by atoms with E-state index in [2.05, 4.69) is 49.4 Å². The van der Waals surface area contributed by atoms with Gasteiger partial charge in [0.1, 0.15) is 11.6 Å². The molecule has 3 atom stereocenters. The second-order valence-electron chi connectivity index (χ2n) is 18.0. The van der Waals surface area contributed by atoms with Crippen LogP contribution in [0, 0.1) is 0 Å². The molecule has 71 heavy (non-hydrogen) atoms. The van der Waals surface area contributed by atoms with Crippen LogP contribution in [0.25, 0.3) is 44.6 Å². The van der Waals surface area contributed by atoms with E-state index in [0.29, 0.717) is 131 Å². The quantitative estimate of drug-likeness (QED) is 0.0737. The van der Waals surface area contributed by atoms with E-state index in [4.69, 9.17) is 53.6 Å². The van der Waals surface area contributed by atoms with Crippen molar-refractivity contribution >= 4 is 65.5 Å². The van der Waals surface area contributed by atoms with Crippen molar-refractivity contribution in [3.8, 4) is 22.5 Å². The molecule has 21 heteroatoms. The first-order valence-electron chi connectivity index (χ1n) is 24.3. The number of hydrazine groups is 1. The highest BCUT2D eigenvalue weighted by Gasteiger charge is 2.28. The van der Waals surface area contributed by atoms with Gasteiger partial charge in [-0.25, -0.2) is 15.4 Å². The summed E-state index contributed by atoms with van der Waals surface area (Å²) in [6, 6.07) is 23.0. The highest BCUT2D eigenvalue weighted by Crippen LogP contribution is 2.33. The zero-order valence-electron chi connectivity index (χ0n) is 40.4. The third-order valence-electron chi connectivity index (χ3n) is 12.9. The normalized spacial score (nSPS) is 19.3. The van der Waals surface area contributed by atoms with Gasteiger partial charge in [-0.05, 0) is 69.0 Å². The van der Waals surface area contributed by atoms with Gasteiger partial charge in [-0.2, -0.15) is 19.9 Å². The molecule has 2 aromatic carbocycles. The standard InChI is InChI=1S/C50H60N13O7P/c1-33-30-68-26-19-62(33)49-54-43-39(45(56-49)60-15-22-66-23-16-60)10-12-41(52-43)35-6-4-8-37(28-35)47(64)58-51-14-21-70-32-71(3)59-48(65)38-9-5-7-36(29-38)42-13-11-40-44(53-42)55-50(63-20-27-69-31-34(63)2)57-46(40)61-17-24-67-25-18-61/h4-13,28-29,33-34,51H,14-27,30-32H2,1-3H3,(H,58,64)(H,59,65). The molecular formula is C50H60N13O7P. The van der Waals surface area contributed by atoms with Gasteiger partial charge in [0, 0.05) is 76.1 Å². The number of ether oxygens (including phenoxy) is 5. The van der Waals surface area contributed by atoms with Gasteiger partial charge >= 0.3 is 0 Å². The number of anilines is 4. The van der Waals surface area contributed by atoms with Crippen LogP contribution in [0.2, 0.25) is 0 Å². The lowest BCUT2D eigenvalue weighted by molar-refractivity contribution is 0.0921. The van der Waals surface area contributed by atoms with E-state index in [0.717, 1.165) is 59.7 Å². The molecule has 10 rings (SSSR count). The molecule has 0 aliphatic carbocycles. The molecule has 20 nitrogen and oxygen atoms in total. The molecule has 3 unspecified atom stereocenters. The number of pyridine rings is 2. The van der Waals surface area contributed by atoms with Crippen molar-refractivity contribution in [1.29, 1.82) is 0 Å². The number of hydrogen-bond acceptors (Lipinski definition) is 18. The van der Waals surface area contributed by atoms with Crippen LogP contribution in [-0.4, -0.2) is 172 Å². The van der Waals surface area contributed by atoms with Gasteiger partial charge in [0.25, 0.3) is 11.8 Å². The Bertz CT molecular complexity index is 2850. The largest absolute Gasteiger partial charge is 0.378 e. The van der Waals surface area contributed by atoms with E-state index in [1.165, 1.54) is 0 Å². The first-order valence-corrected chi connectivity index (χ1v) is 26.3. The Labute approximate surface area is 413 Å². The summed E-state index contributed by atoms with van der Waals surface area (Å²) in [6.07, 6.45) is 0.338. The number of benzene rings is 2. The molecule has 4 saturated heterocycles. The number of fused-ring (bicyclic) bond motifs is 2. The molecule has 2 amide bonds. The molecule has 3 N–H and O–H groups in total. The van der Waals surface area contributed by atoms with Crippen LogP contribution < -0.4 is 35.5 Å². The summed E-state index contributed by atoms with van der Waals surface area (Å²) in [5.74, 6) is 2.46. The molecule has 0 spiro atoms. The van der Waals surface area contributed by atoms with Crippen LogP contribution in [0.1, 0.15) is 34.6 Å². The maximum absolute atomic E-state index is 13.5. The number of morpholine rings is 4. The number of hydrogen-bond donors (Lipinski definition) is 3. The average Bonchev–Trinajstić information content (AvgIpc) is 3.41. The van der Waals surface area contributed by atoms with E-state index >= 15 is 0 Å². The number of carbonyl (C=O) groups is 2. The van der Waals surface area contributed by atoms with Crippen molar-refractivity contribution in [3.63, 3.8) is 0 Å². The van der Waals surface area contributed by atoms with E-state index in [-0.39, 0.29) is 23.9 Å². The van der Waals surface area contributed by atoms with Gasteiger partial charge in [-0.3, -0.25) is 15.0 Å². The number of amides is 2. The Morgan fingerprint density at radius 3 is 1.62 bits per heavy atom. The molecule has 0 bridgehead atoms. The lowest BCUT2D eigenvalue weighted by atomic mass is 10.1. The van der Waals surface area contributed by atoms with E-state index in [9.17, 15) is 9.59 Å². The number of nitrogens with one attached hydrogen (secondary N) is 3. The van der Waals surface area contributed by atoms with Crippen LogP contribution in [0.5, 0.6) is 0 Å². The van der Waals surface area contributed by atoms with E-state index < -0.39 is 8.07 Å². The monoisotopic (exact) mass is 985 g/mol. The van der Waals surface area contributed by atoms with Crippen molar-refractivity contribution < 1.29 is 33.3 Å². The van der Waals surface area contributed by atoms with Crippen molar-refractivity contribution in [3.05, 3.63) is 83.9 Å². The highest BCUT2D eigenvalue weighted by molar-refractivity contribution is 7.55. The molecule has 4 aromatic heterocycles. The second-order valence-corrected chi connectivity index (χ2v) is 19.9. The molecule has 4 fully saturated rings. The van der Waals surface area contributed by atoms with Crippen LogP contribution in [0.15, 0.2) is 72.8 Å². The summed E-state index contributed by atoms with van der Waals surface area (Å²) in [7, 11) is -1.00. The van der Waals surface area contributed by atoms with Gasteiger partial charge in [0.15, 0.2) is 11.3 Å². The summed E-state index contributed by atoms with van der Waals surface area (Å²) < 4.78 is 28.6. The zero-order chi connectivity index (χ0) is 48.7. The third-order valence-corrected chi connectivity index (χ3v) is 14.1. The average molecular weight is 986 g/mol. The first kappa shape index (κ1) is 48.4. The van der Waals surface area contributed by atoms with Gasteiger partial charge in [-0.1, -0.05) is 24.3 Å². The molecule has 4 aliphatic heterocycles. The van der Waals surface area contributed by atoms with Crippen molar-refractivity contribution in [1.82, 2.24) is 45.8 Å². The predicted octanol–water partition coefficient (Wildman–Crippen LogP) is 4.49. The molecule has 6 aromatic rings. The smallest absolute Gasteiger partial charge is 0.265 e. The highest BCUT2D eigenvalue weighted by atomic mass is 31.1. The Morgan fingerprint density at radius 1 is 0.620 bits per heavy atom. The van der Waals surface area contributed by atoms with Gasteiger partial charge in [0.05, 0.1) is 100 Å². The summed E-state index contributed by atoms with van der Waals surface area (Å²) in [5.41, 5.74) is 10.9. The van der Waals surface area contributed by atoms with Gasteiger partial charge in [-0.15, -0.1) is 0 Å². The summed E-state index contributed by atoms with van der Waals surface area (Å²) >= 11 is 0. The van der Waals surface area contributed by atoms with Gasteiger partial charge < -0.3 is 48.4 Å². The van der Waals surface area contributed by atoms with Crippen LogP contribution in [0.4, 0.5) is 23.5 Å². The maximum atomic E-state index is 13.5. The minimum atomic E-state index is -1.00. The van der Waals surface area contributed by atoms with E-state index in [1.54, 1.807) is 12.1 Å². The summed E-state index contributed by atoms with van der Waals surface area (Å²) in [6.45, 7) is 16.1. The first-order chi connectivity index (χ1) is 34.8. The number of nitrogens with zero attached hydrogens (tertiary/aromatic N) is 10. The van der Waals surface area contributed by atoms with Crippen LogP contribution in [0.3, 0.4) is 0 Å². The summed E-state index contributed by atoms with van der Waals surface area (Å²) in [5, 5.41) is 4.84. The Kier molecular flexibility index (Phi) is 15.3. The van der Waals surface area contributed by atoms with Crippen LogP contribution >= 0.6 is 8.07 Å². The number of carbonyl (C=O) groups excluding carboxylic acids is 2. The molecule has 0 radical (unpaired) electrons. The van der Waals surface area contributed by atoms with Crippen molar-refractivity contribution in [2.24, 2.45) is 0 Å². The van der Waals surface area contributed by atoms with Gasteiger partial charge in [0.2, 0.25) is 11.9 Å². The fourth-order valence-electron chi connectivity index (χ4n) is 9.07. The molecule has 0 saturated carbocycles. The maximum Gasteiger partial charge on any atom is 0.265 e. The SMILES string of the molecule is CC1COCCN1c1nc(N2CCOCC2)c2ccc(-c3cccc(C(=O)NNCCOCP(C)NC(=O)c4cccc(-c5ccc6c(N7CCOCC7)nc(N7CCOCC7C)nc6n5)c4)c3)nc2n1. The van der Waals surface area contributed by atoms with Crippen molar-refractivity contribution in [2.75, 3.05) is 138 Å².